The molecule has 0 spiro atoms. The highest BCUT2D eigenvalue weighted by molar-refractivity contribution is 7.79. The highest BCUT2D eigenvalue weighted by Crippen LogP contribution is 2.32. The molecular formula is C25H24N5O4S-. The van der Waals surface area contributed by atoms with Crippen molar-refractivity contribution in [2.75, 3.05) is 24.3 Å². The number of ether oxygens (including phenoxy) is 2. The van der Waals surface area contributed by atoms with Crippen LogP contribution < -0.4 is 26.7 Å². The van der Waals surface area contributed by atoms with Crippen LogP contribution in [-0.2, 0) is 24.1 Å². The number of anilines is 3. The van der Waals surface area contributed by atoms with E-state index in [0.29, 0.717) is 29.4 Å². The number of aromatic nitrogens is 2. The third kappa shape index (κ3) is 5.68. The van der Waals surface area contributed by atoms with Gasteiger partial charge in [0.05, 0.1) is 7.11 Å². The zero-order valence-electron chi connectivity index (χ0n) is 18.9. The second kappa shape index (κ2) is 10.4. The molecule has 0 amide bonds. The van der Waals surface area contributed by atoms with Crippen molar-refractivity contribution in [2.45, 2.75) is 17.9 Å². The standard InChI is InChI=1S/C25H25N5O4S/c1-33-23-11-15(10-18-13-29-25(28)30-24(18)27)2-9-22(23)34-14-17-5-8-20(35(31)32)12-21(17)16-3-6-19(26)7-4-16/h2-9,11-13H,10,14,26H2,1H3,(H,31,32)(H4,27,28,29,30)/p-1. The highest BCUT2D eigenvalue weighted by Gasteiger charge is 2.12. The Bertz CT molecular complexity index is 1380. The first-order chi connectivity index (χ1) is 16.8. The van der Waals surface area contributed by atoms with E-state index in [1.54, 1.807) is 43.6 Å². The van der Waals surface area contributed by atoms with Gasteiger partial charge in [-0.3, -0.25) is 4.21 Å². The fraction of sp³-hybridized carbons (Fsp3) is 0.120. The normalized spacial score (nSPS) is 11.7. The summed E-state index contributed by atoms with van der Waals surface area (Å²) in [6, 6.07) is 17.7. The molecule has 1 atom stereocenters. The van der Waals surface area contributed by atoms with E-state index in [-0.39, 0.29) is 17.5 Å². The van der Waals surface area contributed by atoms with Crippen LogP contribution in [-0.4, -0.2) is 25.8 Å². The van der Waals surface area contributed by atoms with E-state index in [1.165, 1.54) is 0 Å². The van der Waals surface area contributed by atoms with Gasteiger partial charge in [0.2, 0.25) is 5.95 Å². The summed E-state index contributed by atoms with van der Waals surface area (Å²) in [4.78, 5) is 8.18. The molecule has 0 radical (unpaired) electrons. The molecule has 180 valence electrons. The van der Waals surface area contributed by atoms with Crippen molar-refractivity contribution in [3.8, 4) is 22.6 Å². The van der Waals surface area contributed by atoms with Crippen LogP contribution in [0.1, 0.15) is 16.7 Å². The van der Waals surface area contributed by atoms with E-state index in [9.17, 15) is 8.76 Å². The van der Waals surface area contributed by atoms with Crippen molar-refractivity contribution < 1.29 is 18.2 Å². The topological polar surface area (TPSA) is 162 Å². The maximum Gasteiger partial charge on any atom is 0.221 e. The molecule has 0 aliphatic heterocycles. The number of nitrogens with two attached hydrogens (primary N) is 3. The number of rotatable bonds is 8. The van der Waals surface area contributed by atoms with Gasteiger partial charge in [0, 0.05) is 28.8 Å². The lowest BCUT2D eigenvalue weighted by atomic mass is 10.00. The molecule has 35 heavy (non-hydrogen) atoms. The Labute approximate surface area is 205 Å². The predicted molar refractivity (Wildman–Crippen MR) is 134 cm³/mol. The molecule has 0 saturated heterocycles. The van der Waals surface area contributed by atoms with Crippen LogP contribution >= 0.6 is 0 Å². The largest absolute Gasteiger partial charge is 0.768 e. The average Bonchev–Trinajstić information content (AvgIpc) is 2.85. The Hall–Kier alpha value is -4.15. The molecule has 0 aliphatic rings. The van der Waals surface area contributed by atoms with Crippen LogP contribution in [0.3, 0.4) is 0 Å². The van der Waals surface area contributed by atoms with Crippen molar-refractivity contribution in [3.63, 3.8) is 0 Å². The Morgan fingerprint density at radius 3 is 2.40 bits per heavy atom. The maximum absolute atomic E-state index is 11.5. The number of nitrogen functional groups attached to an aromatic ring is 3. The summed E-state index contributed by atoms with van der Waals surface area (Å²) >= 11 is -2.35. The van der Waals surface area contributed by atoms with E-state index in [2.05, 4.69) is 9.97 Å². The summed E-state index contributed by atoms with van der Waals surface area (Å²) in [6.07, 6.45) is 2.10. The molecule has 4 aromatic rings. The molecule has 10 heteroatoms. The first-order valence-corrected chi connectivity index (χ1v) is 11.7. The minimum absolute atomic E-state index is 0.125. The van der Waals surface area contributed by atoms with Crippen LogP contribution in [0.5, 0.6) is 11.5 Å². The van der Waals surface area contributed by atoms with Gasteiger partial charge in [-0.1, -0.05) is 24.3 Å². The summed E-state index contributed by atoms with van der Waals surface area (Å²) in [7, 11) is 1.56. The molecular weight excluding hydrogens is 466 g/mol. The van der Waals surface area contributed by atoms with Gasteiger partial charge in [-0.2, -0.15) is 4.98 Å². The lowest BCUT2D eigenvalue weighted by Crippen LogP contribution is -2.04. The zero-order valence-corrected chi connectivity index (χ0v) is 19.7. The SMILES string of the molecule is COc1cc(Cc2cnc(N)nc2N)ccc1OCc1ccc(S(=O)[O-])cc1-c1ccc(N)cc1. The minimum Gasteiger partial charge on any atom is -0.768 e. The quantitative estimate of drug-likeness (QED) is 0.248. The Balaban J connectivity index is 1.58. The fourth-order valence-electron chi connectivity index (χ4n) is 3.60. The van der Waals surface area contributed by atoms with Gasteiger partial charge in [-0.25, -0.2) is 4.98 Å². The summed E-state index contributed by atoms with van der Waals surface area (Å²) in [5.41, 5.74) is 22.0. The minimum atomic E-state index is -2.35. The van der Waals surface area contributed by atoms with Gasteiger partial charge >= 0.3 is 0 Å². The zero-order chi connectivity index (χ0) is 24.9. The van der Waals surface area contributed by atoms with Crippen molar-refractivity contribution in [1.82, 2.24) is 9.97 Å². The number of hydrogen-bond acceptors (Lipinski definition) is 9. The Morgan fingerprint density at radius 1 is 0.943 bits per heavy atom. The van der Waals surface area contributed by atoms with Gasteiger partial charge < -0.3 is 31.2 Å². The maximum atomic E-state index is 11.5. The molecule has 0 aliphatic carbocycles. The number of benzene rings is 3. The lowest BCUT2D eigenvalue weighted by molar-refractivity contribution is 0.284. The summed E-state index contributed by atoms with van der Waals surface area (Å²) in [5.74, 6) is 1.54. The van der Waals surface area contributed by atoms with Gasteiger partial charge in [-0.15, -0.1) is 0 Å². The molecule has 0 fully saturated rings. The lowest BCUT2D eigenvalue weighted by Gasteiger charge is -2.16. The highest BCUT2D eigenvalue weighted by atomic mass is 32.2. The van der Waals surface area contributed by atoms with Gasteiger partial charge in [0.15, 0.2) is 11.5 Å². The van der Waals surface area contributed by atoms with Crippen LogP contribution in [0.2, 0.25) is 0 Å². The molecule has 0 bridgehead atoms. The summed E-state index contributed by atoms with van der Waals surface area (Å²) in [6.45, 7) is 0.194. The Morgan fingerprint density at radius 2 is 1.71 bits per heavy atom. The van der Waals surface area contributed by atoms with Gasteiger partial charge in [0.1, 0.15) is 12.4 Å². The molecule has 9 nitrogen and oxygen atoms in total. The molecule has 3 aromatic carbocycles. The van der Waals surface area contributed by atoms with Crippen LogP contribution in [0.4, 0.5) is 17.5 Å². The summed E-state index contributed by atoms with van der Waals surface area (Å²) < 4.78 is 34.7. The van der Waals surface area contributed by atoms with Crippen LogP contribution in [0.25, 0.3) is 11.1 Å². The van der Waals surface area contributed by atoms with E-state index < -0.39 is 11.1 Å². The monoisotopic (exact) mass is 490 g/mol. The van der Waals surface area contributed by atoms with Crippen LogP contribution in [0, 0.1) is 0 Å². The molecule has 1 aromatic heterocycles. The first-order valence-electron chi connectivity index (χ1n) is 10.6. The average molecular weight is 491 g/mol. The second-order valence-corrected chi connectivity index (χ2v) is 8.71. The van der Waals surface area contributed by atoms with E-state index in [0.717, 1.165) is 27.8 Å². The van der Waals surface area contributed by atoms with Gasteiger partial charge in [0.25, 0.3) is 0 Å². The fourth-order valence-corrected chi connectivity index (χ4v) is 4.00. The number of methoxy groups -OCH3 is 1. The van der Waals surface area contributed by atoms with E-state index >= 15 is 0 Å². The number of nitrogens with zero attached hydrogens (tertiary/aromatic N) is 2. The third-order valence-corrected chi connectivity index (χ3v) is 6.06. The molecule has 4 rings (SSSR count). The van der Waals surface area contributed by atoms with Crippen molar-refractivity contribution in [1.29, 1.82) is 0 Å². The molecule has 6 N–H and O–H groups in total. The number of hydrogen-bond donors (Lipinski definition) is 3. The smallest absolute Gasteiger partial charge is 0.221 e. The summed E-state index contributed by atoms with van der Waals surface area (Å²) in [5, 5.41) is 0. The van der Waals surface area contributed by atoms with Crippen molar-refractivity contribution >= 4 is 28.5 Å². The predicted octanol–water partition coefficient (Wildman–Crippen LogP) is 3.31. The first kappa shape index (κ1) is 24.0. The van der Waals surface area contributed by atoms with Crippen LogP contribution in [0.15, 0.2) is 71.8 Å². The van der Waals surface area contributed by atoms with Gasteiger partial charge in [-0.05, 0) is 69.7 Å². The van der Waals surface area contributed by atoms with Crippen molar-refractivity contribution in [2.24, 2.45) is 0 Å². The Kier molecular flexibility index (Phi) is 7.14. The third-order valence-electron chi connectivity index (χ3n) is 5.42. The molecule has 1 heterocycles. The molecule has 0 saturated carbocycles. The second-order valence-electron chi connectivity index (χ2n) is 7.77. The van der Waals surface area contributed by atoms with Crippen molar-refractivity contribution in [3.05, 3.63) is 83.6 Å². The molecule has 1 unspecified atom stereocenters. The van der Waals surface area contributed by atoms with E-state index in [1.807, 2.05) is 30.3 Å². The van der Waals surface area contributed by atoms with E-state index in [4.69, 9.17) is 26.7 Å².